The topological polar surface area (TPSA) is 98.8 Å². The standard InChI is InChI=1S/C21H19N5O2/c1-26-13-15(20(25-26)18-12-19(27)24-21(22)23-18)10-14-6-5-9-17(11-14)28-16-7-3-2-4-8-16/h2-9,11-13H,10H2,1H3,(H3,22,23,24,27). The van der Waals surface area contributed by atoms with Crippen LogP contribution in [-0.2, 0) is 13.5 Å². The number of H-pyrrole nitrogens is 1. The van der Waals surface area contributed by atoms with E-state index in [1.54, 1.807) is 4.68 Å². The summed E-state index contributed by atoms with van der Waals surface area (Å²) >= 11 is 0. The van der Waals surface area contributed by atoms with Crippen LogP contribution in [-0.4, -0.2) is 19.7 Å². The van der Waals surface area contributed by atoms with Crippen molar-refractivity contribution in [1.29, 1.82) is 0 Å². The second-order valence-electron chi connectivity index (χ2n) is 6.43. The van der Waals surface area contributed by atoms with Gasteiger partial charge in [-0.1, -0.05) is 30.3 Å². The number of anilines is 1. The number of nitrogen functional groups attached to an aromatic ring is 1. The fraction of sp³-hybridized carbons (Fsp3) is 0.0952. The molecule has 3 N–H and O–H groups in total. The van der Waals surface area contributed by atoms with Crippen LogP contribution in [0, 0.1) is 0 Å². The summed E-state index contributed by atoms with van der Waals surface area (Å²) in [5, 5.41) is 4.46. The predicted molar refractivity (Wildman–Crippen MR) is 107 cm³/mol. The number of ether oxygens (including phenoxy) is 1. The van der Waals surface area contributed by atoms with E-state index in [1.165, 1.54) is 6.07 Å². The first-order valence-electron chi connectivity index (χ1n) is 8.78. The maximum absolute atomic E-state index is 11.8. The number of hydrogen-bond acceptors (Lipinski definition) is 5. The van der Waals surface area contributed by atoms with Gasteiger partial charge in [-0.2, -0.15) is 5.10 Å². The molecule has 7 nitrogen and oxygen atoms in total. The zero-order valence-corrected chi connectivity index (χ0v) is 15.3. The third kappa shape index (κ3) is 3.93. The van der Waals surface area contributed by atoms with Crippen molar-refractivity contribution in [2.45, 2.75) is 6.42 Å². The number of benzene rings is 2. The lowest BCUT2D eigenvalue weighted by Crippen LogP contribution is -2.10. The molecule has 2 aromatic heterocycles. The van der Waals surface area contributed by atoms with E-state index in [0.717, 1.165) is 22.6 Å². The molecule has 28 heavy (non-hydrogen) atoms. The van der Waals surface area contributed by atoms with Crippen LogP contribution in [0.5, 0.6) is 11.5 Å². The SMILES string of the molecule is Cn1cc(Cc2cccc(Oc3ccccc3)c2)c(-c2cc(=O)[nH]c(N)n2)n1. The molecule has 7 heteroatoms. The molecule has 2 aromatic carbocycles. The molecule has 0 spiro atoms. The van der Waals surface area contributed by atoms with Gasteiger partial charge in [0.2, 0.25) is 5.95 Å². The molecule has 0 saturated carbocycles. The molecule has 0 bridgehead atoms. The number of hydrogen-bond donors (Lipinski definition) is 2. The minimum absolute atomic E-state index is 0.0670. The Kier molecular flexibility index (Phi) is 4.63. The Morgan fingerprint density at radius 3 is 2.64 bits per heavy atom. The van der Waals surface area contributed by atoms with E-state index in [4.69, 9.17) is 10.5 Å². The van der Waals surface area contributed by atoms with Gasteiger partial charge in [0.1, 0.15) is 22.9 Å². The molecule has 140 valence electrons. The maximum Gasteiger partial charge on any atom is 0.252 e. The van der Waals surface area contributed by atoms with Gasteiger partial charge in [0.25, 0.3) is 5.56 Å². The zero-order valence-electron chi connectivity index (χ0n) is 15.3. The second kappa shape index (κ2) is 7.40. The Balaban J connectivity index is 1.63. The van der Waals surface area contributed by atoms with Crippen molar-refractivity contribution < 1.29 is 4.74 Å². The molecular formula is C21H19N5O2. The lowest BCUT2D eigenvalue weighted by atomic mass is 10.0. The fourth-order valence-electron chi connectivity index (χ4n) is 3.04. The van der Waals surface area contributed by atoms with Crippen molar-refractivity contribution in [3.8, 4) is 22.9 Å². The number of aryl methyl sites for hydroxylation is 1. The highest BCUT2D eigenvalue weighted by molar-refractivity contribution is 5.60. The van der Waals surface area contributed by atoms with Gasteiger partial charge in [0.05, 0.1) is 0 Å². The van der Waals surface area contributed by atoms with Crippen molar-refractivity contribution in [2.75, 3.05) is 5.73 Å². The summed E-state index contributed by atoms with van der Waals surface area (Å²) in [5.74, 6) is 1.61. The maximum atomic E-state index is 11.8. The quantitative estimate of drug-likeness (QED) is 0.560. The predicted octanol–water partition coefficient (Wildman–Crippen LogP) is 3.14. The molecular weight excluding hydrogens is 354 g/mol. The van der Waals surface area contributed by atoms with Gasteiger partial charge in [-0.25, -0.2) is 4.98 Å². The van der Waals surface area contributed by atoms with Gasteiger partial charge in [-0.15, -0.1) is 0 Å². The van der Waals surface area contributed by atoms with Crippen LogP contribution in [0.4, 0.5) is 5.95 Å². The Morgan fingerprint density at radius 1 is 1.07 bits per heavy atom. The van der Waals surface area contributed by atoms with Gasteiger partial charge >= 0.3 is 0 Å². The summed E-state index contributed by atoms with van der Waals surface area (Å²) in [6, 6.07) is 18.9. The minimum atomic E-state index is -0.308. The first-order valence-corrected chi connectivity index (χ1v) is 8.78. The molecule has 0 aliphatic carbocycles. The minimum Gasteiger partial charge on any atom is -0.457 e. The third-order valence-electron chi connectivity index (χ3n) is 4.18. The summed E-state index contributed by atoms with van der Waals surface area (Å²) in [4.78, 5) is 18.4. The molecule has 0 fully saturated rings. The van der Waals surface area contributed by atoms with Crippen LogP contribution in [0.1, 0.15) is 11.1 Å². The fourth-order valence-corrected chi connectivity index (χ4v) is 3.04. The molecule has 0 saturated heterocycles. The lowest BCUT2D eigenvalue weighted by Gasteiger charge is -2.08. The van der Waals surface area contributed by atoms with Crippen molar-refractivity contribution in [3.63, 3.8) is 0 Å². The zero-order chi connectivity index (χ0) is 19.5. The summed E-state index contributed by atoms with van der Waals surface area (Å²) in [5.41, 5.74) is 8.46. The largest absolute Gasteiger partial charge is 0.457 e. The van der Waals surface area contributed by atoms with Gasteiger partial charge < -0.3 is 10.5 Å². The lowest BCUT2D eigenvalue weighted by molar-refractivity contribution is 0.482. The number of aromatic amines is 1. The summed E-state index contributed by atoms with van der Waals surface area (Å²) < 4.78 is 7.62. The van der Waals surface area contributed by atoms with Gasteiger partial charge in [0, 0.05) is 31.3 Å². The van der Waals surface area contributed by atoms with Gasteiger partial charge in [-0.3, -0.25) is 14.5 Å². The van der Waals surface area contributed by atoms with Crippen molar-refractivity contribution in [2.24, 2.45) is 7.05 Å². The second-order valence-corrected chi connectivity index (χ2v) is 6.43. The van der Waals surface area contributed by atoms with Crippen molar-refractivity contribution >= 4 is 5.95 Å². The molecule has 0 amide bonds. The number of nitrogens with one attached hydrogen (secondary N) is 1. The Hall–Kier alpha value is -3.87. The number of nitrogens with zero attached hydrogens (tertiary/aromatic N) is 3. The molecule has 4 rings (SSSR count). The van der Waals surface area contributed by atoms with Crippen LogP contribution < -0.4 is 16.0 Å². The molecule has 4 aromatic rings. The van der Waals surface area contributed by atoms with Gasteiger partial charge in [-0.05, 0) is 29.8 Å². The summed E-state index contributed by atoms with van der Waals surface area (Å²) in [6.07, 6.45) is 2.53. The average molecular weight is 373 g/mol. The van der Waals surface area contributed by atoms with E-state index in [0.29, 0.717) is 17.8 Å². The Bertz CT molecular complexity index is 1160. The van der Waals surface area contributed by atoms with Crippen LogP contribution >= 0.6 is 0 Å². The highest BCUT2D eigenvalue weighted by Gasteiger charge is 2.14. The van der Waals surface area contributed by atoms with Crippen LogP contribution in [0.3, 0.4) is 0 Å². The smallest absolute Gasteiger partial charge is 0.252 e. The van der Waals surface area contributed by atoms with Crippen LogP contribution in [0.2, 0.25) is 0 Å². The molecule has 0 aliphatic rings. The van der Waals surface area contributed by atoms with Crippen molar-refractivity contribution in [1.82, 2.24) is 19.7 Å². The van der Waals surface area contributed by atoms with E-state index in [1.807, 2.05) is 67.8 Å². The summed E-state index contributed by atoms with van der Waals surface area (Å²) in [7, 11) is 1.83. The first kappa shape index (κ1) is 17.5. The molecule has 0 atom stereocenters. The summed E-state index contributed by atoms with van der Waals surface area (Å²) in [6.45, 7) is 0. The van der Waals surface area contributed by atoms with Crippen molar-refractivity contribution in [3.05, 3.63) is 88.3 Å². The van der Waals surface area contributed by atoms with Gasteiger partial charge in [0.15, 0.2) is 0 Å². The monoisotopic (exact) mass is 373 g/mol. The van der Waals surface area contributed by atoms with Crippen LogP contribution in [0.25, 0.3) is 11.4 Å². The normalized spacial score (nSPS) is 10.8. The molecule has 0 unspecified atom stereocenters. The number of nitrogens with two attached hydrogens (primary N) is 1. The highest BCUT2D eigenvalue weighted by atomic mass is 16.5. The average Bonchev–Trinajstić information content (AvgIpc) is 3.02. The highest BCUT2D eigenvalue weighted by Crippen LogP contribution is 2.26. The van der Waals surface area contributed by atoms with E-state index in [2.05, 4.69) is 15.1 Å². The Morgan fingerprint density at radius 2 is 1.86 bits per heavy atom. The number of para-hydroxylation sites is 1. The van der Waals surface area contributed by atoms with E-state index in [-0.39, 0.29) is 11.5 Å². The van der Waals surface area contributed by atoms with E-state index < -0.39 is 0 Å². The van der Waals surface area contributed by atoms with E-state index in [9.17, 15) is 4.79 Å². The first-order chi connectivity index (χ1) is 13.6. The molecule has 2 heterocycles. The molecule has 0 radical (unpaired) electrons. The van der Waals surface area contributed by atoms with Crippen LogP contribution in [0.15, 0.2) is 71.7 Å². The van der Waals surface area contributed by atoms with E-state index >= 15 is 0 Å². The number of aromatic nitrogens is 4. The third-order valence-corrected chi connectivity index (χ3v) is 4.18. The Labute approximate surface area is 161 Å². The number of rotatable bonds is 5. The molecule has 0 aliphatic heterocycles.